The lowest BCUT2D eigenvalue weighted by atomic mass is 10.3. The molecule has 0 radical (unpaired) electrons. The summed E-state index contributed by atoms with van der Waals surface area (Å²) in [4.78, 5) is 4.13. The first-order valence-electron chi connectivity index (χ1n) is 4.69. The molecule has 0 amide bonds. The van der Waals surface area contributed by atoms with Crippen LogP contribution in [0.25, 0.3) is 11.3 Å². The minimum atomic E-state index is 0.316. The van der Waals surface area contributed by atoms with Crippen molar-refractivity contribution in [3.05, 3.63) is 29.6 Å². The molecule has 0 atom stereocenters. The summed E-state index contributed by atoms with van der Waals surface area (Å²) in [6, 6.07) is 1.75. The van der Waals surface area contributed by atoms with Gasteiger partial charge in [0.25, 0.3) is 0 Å². The topological polar surface area (TPSA) is 65.2 Å². The van der Waals surface area contributed by atoms with Crippen molar-refractivity contribution < 1.29 is 8.83 Å². The summed E-state index contributed by atoms with van der Waals surface area (Å²) in [5, 5.41) is 0.316. The third kappa shape index (κ3) is 2.22. The quantitative estimate of drug-likeness (QED) is 0.870. The summed E-state index contributed by atoms with van der Waals surface area (Å²) in [6.45, 7) is 0.629. The number of hydrogen-bond acceptors (Lipinski definition) is 4. The van der Waals surface area contributed by atoms with Gasteiger partial charge in [-0.15, -0.1) is 0 Å². The summed E-state index contributed by atoms with van der Waals surface area (Å²) >= 11 is 5.81. The van der Waals surface area contributed by atoms with Crippen LogP contribution in [0.2, 0.25) is 5.22 Å². The number of oxazole rings is 1. The third-order valence-corrected chi connectivity index (χ3v) is 2.32. The predicted molar refractivity (Wildman–Crippen MR) is 56.6 cm³/mol. The minimum Gasteiger partial charge on any atom is -0.452 e. The van der Waals surface area contributed by atoms with E-state index in [-0.39, 0.29) is 0 Å². The molecule has 0 aliphatic rings. The van der Waals surface area contributed by atoms with E-state index in [0.717, 1.165) is 18.4 Å². The fraction of sp³-hybridized carbons (Fsp3) is 0.300. The van der Waals surface area contributed by atoms with Gasteiger partial charge in [0.2, 0.25) is 5.22 Å². The summed E-state index contributed by atoms with van der Waals surface area (Å²) in [7, 11) is 0. The van der Waals surface area contributed by atoms with Crippen LogP contribution in [0, 0.1) is 0 Å². The number of aryl methyl sites for hydroxylation is 1. The van der Waals surface area contributed by atoms with Crippen LogP contribution in [0.15, 0.2) is 27.4 Å². The van der Waals surface area contributed by atoms with E-state index >= 15 is 0 Å². The number of halogens is 1. The van der Waals surface area contributed by atoms with Crippen molar-refractivity contribution in [1.82, 2.24) is 4.98 Å². The molecular formula is C10H11ClN2O2. The molecule has 5 heteroatoms. The predicted octanol–water partition coefficient (Wildman–Crippen LogP) is 2.48. The van der Waals surface area contributed by atoms with Crippen LogP contribution in [0.3, 0.4) is 0 Å². The van der Waals surface area contributed by atoms with Crippen molar-refractivity contribution >= 4 is 11.6 Å². The monoisotopic (exact) mass is 226 g/mol. The van der Waals surface area contributed by atoms with Gasteiger partial charge in [0, 0.05) is 6.42 Å². The van der Waals surface area contributed by atoms with Crippen LogP contribution in [0.1, 0.15) is 12.3 Å². The van der Waals surface area contributed by atoms with E-state index in [1.54, 1.807) is 12.3 Å². The van der Waals surface area contributed by atoms with Gasteiger partial charge in [-0.3, -0.25) is 0 Å². The molecule has 0 spiro atoms. The molecule has 0 saturated carbocycles. The first-order chi connectivity index (χ1) is 7.31. The van der Waals surface area contributed by atoms with Crippen molar-refractivity contribution in [1.29, 1.82) is 0 Å². The number of nitrogens with two attached hydrogens (primary N) is 1. The van der Waals surface area contributed by atoms with E-state index < -0.39 is 0 Å². The molecule has 0 saturated heterocycles. The van der Waals surface area contributed by atoms with E-state index in [9.17, 15) is 0 Å². The zero-order chi connectivity index (χ0) is 10.7. The van der Waals surface area contributed by atoms with Crippen molar-refractivity contribution in [3.8, 4) is 11.3 Å². The van der Waals surface area contributed by atoms with Crippen molar-refractivity contribution in [3.63, 3.8) is 0 Å². The van der Waals surface area contributed by atoms with Gasteiger partial charge in [-0.1, -0.05) is 0 Å². The second-order valence-corrected chi connectivity index (χ2v) is 3.46. The number of aromatic nitrogens is 1. The Bertz CT molecular complexity index is 436. The molecular weight excluding hydrogens is 216 g/mol. The van der Waals surface area contributed by atoms with Gasteiger partial charge in [-0.05, 0) is 30.6 Å². The Kier molecular flexibility index (Phi) is 3.08. The zero-order valence-electron chi connectivity index (χ0n) is 8.07. The minimum absolute atomic E-state index is 0.316. The van der Waals surface area contributed by atoms with Gasteiger partial charge in [0.05, 0.1) is 18.0 Å². The maximum Gasteiger partial charge on any atom is 0.204 e. The number of nitrogens with zero attached hydrogens (tertiary/aromatic N) is 1. The fourth-order valence-corrected chi connectivity index (χ4v) is 1.48. The van der Waals surface area contributed by atoms with Gasteiger partial charge in [-0.2, -0.15) is 0 Å². The van der Waals surface area contributed by atoms with E-state index in [4.69, 9.17) is 26.2 Å². The first kappa shape index (κ1) is 10.3. The number of furan rings is 1. The van der Waals surface area contributed by atoms with Crippen LogP contribution in [0.4, 0.5) is 0 Å². The molecule has 80 valence electrons. The van der Waals surface area contributed by atoms with Crippen LogP contribution in [-0.4, -0.2) is 11.5 Å². The third-order valence-electron chi connectivity index (χ3n) is 2.03. The highest BCUT2D eigenvalue weighted by Crippen LogP contribution is 2.29. The zero-order valence-corrected chi connectivity index (χ0v) is 8.83. The lowest BCUT2D eigenvalue weighted by Crippen LogP contribution is -2.00. The van der Waals surface area contributed by atoms with Gasteiger partial charge >= 0.3 is 0 Å². The lowest BCUT2D eigenvalue weighted by molar-refractivity contribution is 0.498. The van der Waals surface area contributed by atoms with Gasteiger partial charge < -0.3 is 14.6 Å². The molecule has 0 bridgehead atoms. The molecule has 2 heterocycles. The fourth-order valence-electron chi connectivity index (χ4n) is 1.27. The molecule has 2 rings (SSSR count). The van der Waals surface area contributed by atoms with Crippen LogP contribution in [-0.2, 0) is 6.42 Å². The molecule has 2 aromatic rings. The lowest BCUT2D eigenvalue weighted by Gasteiger charge is -1.92. The Morgan fingerprint density at radius 1 is 1.47 bits per heavy atom. The molecule has 0 aliphatic carbocycles. The van der Waals surface area contributed by atoms with Crippen molar-refractivity contribution in [2.75, 3.05) is 6.54 Å². The first-order valence-corrected chi connectivity index (χ1v) is 5.07. The van der Waals surface area contributed by atoms with Crippen LogP contribution in [0.5, 0.6) is 0 Å². The molecule has 0 fully saturated rings. The summed E-state index contributed by atoms with van der Waals surface area (Å²) in [5.74, 6) is 1.30. The van der Waals surface area contributed by atoms with Crippen molar-refractivity contribution in [2.24, 2.45) is 5.73 Å². The highest BCUT2D eigenvalue weighted by Gasteiger charge is 2.11. The largest absolute Gasteiger partial charge is 0.452 e. The Labute approximate surface area is 92.0 Å². The molecule has 0 unspecified atom stereocenters. The van der Waals surface area contributed by atoms with Crippen LogP contribution < -0.4 is 5.73 Å². The highest BCUT2D eigenvalue weighted by molar-refractivity contribution is 6.31. The molecule has 0 aromatic carbocycles. The molecule has 2 aromatic heterocycles. The van der Waals surface area contributed by atoms with E-state index in [1.807, 2.05) is 0 Å². The Hall–Kier alpha value is -1.26. The normalized spacial score (nSPS) is 10.8. The average molecular weight is 227 g/mol. The highest BCUT2D eigenvalue weighted by atomic mass is 35.5. The smallest absolute Gasteiger partial charge is 0.204 e. The average Bonchev–Trinajstić information content (AvgIpc) is 2.83. The summed E-state index contributed by atoms with van der Waals surface area (Å²) in [5.41, 5.74) is 6.12. The molecule has 0 aliphatic heterocycles. The van der Waals surface area contributed by atoms with E-state index in [2.05, 4.69) is 4.98 Å². The van der Waals surface area contributed by atoms with Gasteiger partial charge in [0.15, 0.2) is 11.7 Å². The van der Waals surface area contributed by atoms with Crippen molar-refractivity contribution in [2.45, 2.75) is 12.8 Å². The number of rotatable bonds is 4. The Morgan fingerprint density at radius 3 is 3.00 bits per heavy atom. The Morgan fingerprint density at radius 2 is 2.33 bits per heavy atom. The maximum atomic E-state index is 5.81. The Balaban J connectivity index is 2.17. The second-order valence-electron chi connectivity index (χ2n) is 3.12. The molecule has 4 nitrogen and oxygen atoms in total. The summed E-state index contributed by atoms with van der Waals surface area (Å²) in [6.07, 6.45) is 4.76. The summed E-state index contributed by atoms with van der Waals surface area (Å²) < 4.78 is 10.5. The standard InChI is InChI=1S/C10H11ClN2O2/c11-10-7(3-5-14-10)8-6-13-9(15-8)2-1-4-12/h3,5-6H,1-2,4,12H2. The van der Waals surface area contributed by atoms with E-state index in [1.165, 1.54) is 6.26 Å². The van der Waals surface area contributed by atoms with Crippen LogP contribution >= 0.6 is 11.6 Å². The van der Waals surface area contributed by atoms with Gasteiger partial charge in [0.1, 0.15) is 0 Å². The molecule has 2 N–H and O–H groups in total. The van der Waals surface area contributed by atoms with E-state index in [0.29, 0.717) is 23.4 Å². The maximum absolute atomic E-state index is 5.81. The second kappa shape index (κ2) is 4.51. The van der Waals surface area contributed by atoms with Gasteiger partial charge in [-0.25, -0.2) is 4.98 Å². The molecule has 15 heavy (non-hydrogen) atoms. The SMILES string of the molecule is NCCCc1ncc(-c2ccoc2Cl)o1. The number of hydrogen-bond donors (Lipinski definition) is 1.